The zero-order valence-electron chi connectivity index (χ0n) is 33.9. The number of hydrogen-bond donors (Lipinski definition) is 0. The van der Waals surface area contributed by atoms with Crippen molar-refractivity contribution in [2.24, 2.45) is 0 Å². The molecule has 0 bridgehead atoms. The van der Waals surface area contributed by atoms with Crippen LogP contribution < -0.4 is 4.90 Å². The summed E-state index contributed by atoms with van der Waals surface area (Å²) in [5.74, 6) is 0. The second kappa shape index (κ2) is 11.0. The van der Waals surface area contributed by atoms with Gasteiger partial charge in [-0.05, 0) is 70.5 Å². The molecular formula is C46H29NO2. The summed E-state index contributed by atoms with van der Waals surface area (Å²) >= 11 is 0. The van der Waals surface area contributed by atoms with E-state index in [1.165, 1.54) is 4.90 Å². The van der Waals surface area contributed by atoms with E-state index in [2.05, 4.69) is 0 Å². The number of benzene rings is 8. The fourth-order valence-corrected chi connectivity index (χ4v) is 6.74. The minimum absolute atomic E-state index is 0.0239. The number of nitrogens with zero attached hydrogens (tertiary/aromatic N) is 1. The van der Waals surface area contributed by atoms with Crippen molar-refractivity contribution >= 4 is 71.7 Å². The fourth-order valence-electron chi connectivity index (χ4n) is 6.74. The SMILES string of the molecule is [2H]c1c([2H])c(N(c2c([2H])c([2H])c(-c3cccc4c3oc3ccccc34)c([2H])c2[2H])c2cccc3oc4c5ccccc5ccc4c23)c([2H])c([2H])c1-c1ccccc1. The smallest absolute Gasteiger partial charge is 0.143 e. The molecule has 0 saturated carbocycles. The molecule has 0 fully saturated rings. The zero-order valence-corrected chi connectivity index (χ0v) is 25.9. The van der Waals surface area contributed by atoms with Gasteiger partial charge in [-0.15, -0.1) is 0 Å². The lowest BCUT2D eigenvalue weighted by Gasteiger charge is -2.26. The number of furan rings is 2. The minimum Gasteiger partial charge on any atom is -0.455 e. The van der Waals surface area contributed by atoms with Gasteiger partial charge in [0.15, 0.2) is 0 Å². The van der Waals surface area contributed by atoms with Gasteiger partial charge < -0.3 is 13.7 Å². The molecule has 0 amide bonds. The van der Waals surface area contributed by atoms with Gasteiger partial charge >= 0.3 is 0 Å². The number of fused-ring (bicyclic) bond motifs is 8. The maximum Gasteiger partial charge on any atom is 0.143 e. The highest BCUT2D eigenvalue weighted by Crippen LogP contribution is 2.45. The van der Waals surface area contributed by atoms with Crippen molar-refractivity contribution in [3.63, 3.8) is 0 Å². The van der Waals surface area contributed by atoms with E-state index in [1.54, 1.807) is 60.7 Å². The Bertz CT molecular complexity index is 3240. The molecule has 0 N–H and O–H groups in total. The Hall–Kier alpha value is -6.58. The highest BCUT2D eigenvalue weighted by molar-refractivity contribution is 6.19. The summed E-state index contributed by atoms with van der Waals surface area (Å²) in [5.41, 5.74) is 2.88. The van der Waals surface area contributed by atoms with Crippen molar-refractivity contribution in [2.45, 2.75) is 0 Å². The van der Waals surface area contributed by atoms with E-state index in [-0.39, 0.29) is 46.7 Å². The van der Waals surface area contributed by atoms with Crippen molar-refractivity contribution in [1.29, 1.82) is 0 Å². The Kier molecular flexibility index (Phi) is 4.63. The summed E-state index contributed by atoms with van der Waals surface area (Å²) < 4.78 is 88.4. The molecule has 0 saturated heterocycles. The van der Waals surface area contributed by atoms with E-state index in [9.17, 15) is 11.0 Å². The molecule has 0 aliphatic rings. The fraction of sp³-hybridized carbons (Fsp3) is 0. The first kappa shape index (κ1) is 20.6. The molecule has 0 radical (unpaired) electrons. The summed E-state index contributed by atoms with van der Waals surface area (Å²) in [6.45, 7) is 0. The molecule has 0 spiro atoms. The van der Waals surface area contributed by atoms with E-state index < -0.39 is 24.2 Å². The quantitative estimate of drug-likeness (QED) is 0.188. The predicted molar refractivity (Wildman–Crippen MR) is 204 cm³/mol. The second-order valence-electron chi connectivity index (χ2n) is 11.8. The molecule has 0 unspecified atom stereocenters. The molecule has 0 aliphatic heterocycles. The molecule has 49 heavy (non-hydrogen) atoms. The van der Waals surface area contributed by atoms with E-state index in [0.29, 0.717) is 49.9 Å². The van der Waals surface area contributed by atoms with Crippen LogP contribution in [0.2, 0.25) is 0 Å². The van der Waals surface area contributed by atoms with Gasteiger partial charge in [0.2, 0.25) is 0 Å². The van der Waals surface area contributed by atoms with Crippen LogP contribution in [-0.4, -0.2) is 0 Å². The van der Waals surface area contributed by atoms with Crippen LogP contribution in [0.25, 0.3) is 76.9 Å². The van der Waals surface area contributed by atoms with Crippen molar-refractivity contribution in [2.75, 3.05) is 4.90 Å². The Morgan fingerprint density at radius 1 is 0.408 bits per heavy atom. The first-order chi connectivity index (χ1) is 27.7. The highest BCUT2D eigenvalue weighted by atomic mass is 16.3. The van der Waals surface area contributed by atoms with Gasteiger partial charge in [-0.3, -0.25) is 0 Å². The molecule has 230 valence electrons. The van der Waals surface area contributed by atoms with Crippen molar-refractivity contribution in [1.82, 2.24) is 0 Å². The molecule has 2 aromatic heterocycles. The lowest BCUT2D eigenvalue weighted by molar-refractivity contribution is 0.670. The Labute approximate surface area is 294 Å². The minimum atomic E-state index is -0.446. The van der Waals surface area contributed by atoms with Gasteiger partial charge in [0.1, 0.15) is 22.3 Å². The van der Waals surface area contributed by atoms with Crippen LogP contribution in [0.1, 0.15) is 11.0 Å². The Morgan fingerprint density at radius 2 is 1.04 bits per heavy atom. The number of anilines is 3. The number of rotatable bonds is 5. The molecule has 0 atom stereocenters. The predicted octanol–water partition coefficient (Wildman–Crippen LogP) is 13.4. The van der Waals surface area contributed by atoms with Gasteiger partial charge in [-0.25, -0.2) is 0 Å². The standard InChI is InChI=1S/C46H29NO2/c1-2-10-30(11-3-1)31-20-25-34(26-21-31)47(41-17-9-19-43-44(41)40-29-24-32-12-4-5-13-36(32)46(40)49-43)35-27-22-33(23-28-35)37-15-8-16-39-38-14-6-7-18-42(38)48-45(37)39/h1-29H/i20D,21D,22D,23D,25D,26D,27D,28D. The second-order valence-corrected chi connectivity index (χ2v) is 11.8. The van der Waals surface area contributed by atoms with Gasteiger partial charge in [-0.2, -0.15) is 0 Å². The largest absolute Gasteiger partial charge is 0.455 e. The van der Waals surface area contributed by atoms with E-state index in [0.717, 1.165) is 21.5 Å². The molecule has 0 aliphatic carbocycles. The molecule has 2 heterocycles. The Morgan fingerprint density at radius 3 is 1.86 bits per heavy atom. The Balaban J connectivity index is 1.31. The van der Waals surface area contributed by atoms with Crippen molar-refractivity contribution < 1.29 is 19.8 Å². The van der Waals surface area contributed by atoms with Crippen LogP contribution >= 0.6 is 0 Å². The molecule has 10 aromatic rings. The van der Waals surface area contributed by atoms with Gasteiger partial charge in [0.25, 0.3) is 0 Å². The third-order valence-electron chi connectivity index (χ3n) is 9.01. The van der Waals surface area contributed by atoms with Crippen molar-refractivity contribution in [3.05, 3.63) is 176 Å². The summed E-state index contributed by atoms with van der Waals surface area (Å²) in [4.78, 5) is 1.34. The maximum atomic E-state index is 9.63. The monoisotopic (exact) mass is 635 g/mol. The van der Waals surface area contributed by atoms with E-state index >= 15 is 0 Å². The highest BCUT2D eigenvalue weighted by Gasteiger charge is 2.21. The van der Waals surface area contributed by atoms with Crippen LogP contribution in [0.4, 0.5) is 17.1 Å². The molecule has 3 heteroatoms. The van der Waals surface area contributed by atoms with Crippen LogP contribution in [-0.2, 0) is 0 Å². The molecule has 8 aromatic carbocycles. The van der Waals surface area contributed by atoms with Crippen molar-refractivity contribution in [3.8, 4) is 22.3 Å². The molecular weight excluding hydrogens is 599 g/mol. The average molecular weight is 636 g/mol. The number of para-hydroxylation sites is 2. The van der Waals surface area contributed by atoms with E-state index in [1.807, 2.05) is 66.7 Å². The average Bonchev–Trinajstić information content (AvgIpc) is 3.82. The third kappa shape index (κ3) is 4.44. The summed E-state index contributed by atoms with van der Waals surface area (Å²) in [7, 11) is 0. The summed E-state index contributed by atoms with van der Waals surface area (Å²) in [6.07, 6.45) is 0. The lowest BCUT2D eigenvalue weighted by atomic mass is 10.0. The molecule has 10 rings (SSSR count). The van der Waals surface area contributed by atoms with Gasteiger partial charge in [-0.1, -0.05) is 127 Å². The molecule has 3 nitrogen and oxygen atoms in total. The van der Waals surface area contributed by atoms with Crippen LogP contribution in [0.3, 0.4) is 0 Å². The van der Waals surface area contributed by atoms with Crippen LogP contribution in [0, 0.1) is 0 Å². The van der Waals surface area contributed by atoms with E-state index in [4.69, 9.17) is 8.83 Å². The topological polar surface area (TPSA) is 29.5 Å². The zero-order chi connectivity index (χ0) is 39.3. The third-order valence-corrected chi connectivity index (χ3v) is 9.01. The first-order valence-electron chi connectivity index (χ1n) is 20.0. The lowest BCUT2D eigenvalue weighted by Crippen LogP contribution is -2.10. The first-order valence-corrected chi connectivity index (χ1v) is 16.0. The summed E-state index contributed by atoms with van der Waals surface area (Å²) in [6, 6.07) is 35.4. The van der Waals surface area contributed by atoms with Gasteiger partial charge in [0.05, 0.1) is 22.0 Å². The normalized spacial score (nSPS) is 14.0. The van der Waals surface area contributed by atoms with Crippen LogP contribution in [0.15, 0.2) is 185 Å². The summed E-state index contributed by atoms with van der Waals surface area (Å²) in [5, 5.41) is 4.64. The van der Waals surface area contributed by atoms with Crippen LogP contribution in [0.5, 0.6) is 0 Å². The van der Waals surface area contributed by atoms with Gasteiger partial charge in [0, 0.05) is 38.5 Å². The number of hydrogen-bond acceptors (Lipinski definition) is 3. The maximum absolute atomic E-state index is 9.63.